The molecule has 7 aromatic carbocycles. The Balaban J connectivity index is 0.825. The number of hydrogen-bond acceptors (Lipinski definition) is 3. The van der Waals surface area contributed by atoms with Gasteiger partial charge in [-0.25, -0.2) is 0 Å². The van der Waals surface area contributed by atoms with Crippen molar-refractivity contribution in [1.29, 1.82) is 0 Å². The monoisotopic (exact) mass is 1280 g/mol. The molecule has 0 amide bonds. The molecule has 486 valence electrons. The molecule has 0 bridgehead atoms. The van der Waals surface area contributed by atoms with Crippen molar-refractivity contribution in [3.63, 3.8) is 0 Å². The van der Waals surface area contributed by atoms with Crippen LogP contribution >= 0.6 is 0 Å². The first-order chi connectivity index (χ1) is 46.7. The third-order valence-electron chi connectivity index (χ3n) is 19.2. The Bertz CT molecular complexity index is 4400. The standard InChI is InChI=1S/C96H90N3/c1-91(2,3)70-37-43-76-82(77-44-38-71(92(4,5)6)56-86(77)97-85(76)55-70)52-64-28-19-61(20-29-64)25-34-67-49-68(35-26-62-21-30-65(31-22-62)53-83-78-45-39-72(93(7,8)9)57-87(78)98-88-58-73(94(10,11)12)40-46-79(83)88)51-69(50-67)36-27-63-23-32-66(33-24-63)54-84-80-47-41-74(95(13,14)15)59-89(80)99-90-60-75(96(16,17)18)42-48-81(84)90/h19-24,28-33,37-51,55-60,97-99H,1-18H3/q+3. The van der Waals surface area contributed by atoms with E-state index in [4.69, 9.17) is 0 Å². The van der Waals surface area contributed by atoms with Crippen LogP contribution in [0.4, 0.5) is 34.1 Å². The summed E-state index contributed by atoms with van der Waals surface area (Å²) in [5.41, 5.74) is 41.3. The Hall–Kier alpha value is -10.8. The largest absolute Gasteiger partial charge is 0.354 e. The van der Waals surface area contributed by atoms with Crippen LogP contribution in [0.5, 0.6) is 0 Å². The van der Waals surface area contributed by atoms with Gasteiger partial charge in [-0.05, 0) is 120 Å². The van der Waals surface area contributed by atoms with E-state index in [1.165, 1.54) is 33.4 Å². The maximum atomic E-state index is 3.84. The number of nitrogens with one attached hydrogen (secondary N) is 3. The van der Waals surface area contributed by atoms with Crippen LogP contribution in [0, 0.1) is 53.3 Å². The Morgan fingerprint density at radius 3 is 0.596 bits per heavy atom. The summed E-state index contributed by atoms with van der Waals surface area (Å²) in [4.78, 5) is 0. The van der Waals surface area contributed by atoms with E-state index < -0.39 is 0 Å². The summed E-state index contributed by atoms with van der Waals surface area (Å²) in [7, 11) is 0. The minimum absolute atomic E-state index is 0.00621. The summed E-state index contributed by atoms with van der Waals surface area (Å²) in [6, 6.07) is 47.1. The van der Waals surface area contributed by atoms with Gasteiger partial charge in [-0.2, -0.15) is 0 Å². The van der Waals surface area contributed by atoms with Crippen molar-refractivity contribution in [1.82, 2.24) is 0 Å². The molecule has 3 heteroatoms. The zero-order valence-electron chi connectivity index (χ0n) is 61.1. The fourth-order valence-corrected chi connectivity index (χ4v) is 12.9. The highest BCUT2D eigenvalue weighted by atomic mass is 14.9. The van der Waals surface area contributed by atoms with Crippen LogP contribution in [0.3, 0.4) is 0 Å². The minimum Gasteiger partial charge on any atom is -0.354 e. The zero-order valence-corrected chi connectivity index (χ0v) is 61.1. The first-order valence-corrected chi connectivity index (χ1v) is 34.9. The molecule has 0 aromatic heterocycles. The van der Waals surface area contributed by atoms with Gasteiger partial charge in [-0.15, -0.1) is 0 Å². The number of benzene rings is 7. The highest BCUT2D eigenvalue weighted by Gasteiger charge is 2.30. The fourth-order valence-electron chi connectivity index (χ4n) is 12.9. The van der Waals surface area contributed by atoms with Crippen LogP contribution in [0.1, 0.15) is 208 Å². The van der Waals surface area contributed by atoms with Gasteiger partial charge in [0.15, 0.2) is 0 Å². The molecule has 99 heavy (non-hydrogen) atoms. The van der Waals surface area contributed by atoms with E-state index in [9.17, 15) is 0 Å². The van der Waals surface area contributed by atoms with Crippen LogP contribution in [-0.4, -0.2) is 0 Å². The topological polar surface area (TPSA) is 36.1 Å². The molecule has 3 aliphatic carbocycles. The van der Waals surface area contributed by atoms with Gasteiger partial charge >= 0.3 is 0 Å². The molecule has 0 saturated heterocycles. The van der Waals surface area contributed by atoms with Crippen molar-refractivity contribution in [2.45, 2.75) is 157 Å². The number of allylic oxidation sites excluding steroid dienone is 15. The normalized spacial score (nSPS) is 15.0. The molecule has 0 saturated carbocycles. The lowest BCUT2D eigenvalue weighted by Gasteiger charge is -2.28. The molecule has 0 radical (unpaired) electrons. The maximum absolute atomic E-state index is 3.84. The van der Waals surface area contributed by atoms with Gasteiger partial charge in [0.1, 0.15) is 17.8 Å². The predicted octanol–water partition coefficient (Wildman–Crippen LogP) is 23.8. The predicted molar refractivity (Wildman–Crippen MR) is 421 cm³/mol. The third kappa shape index (κ3) is 14.6. The maximum Gasteiger partial charge on any atom is 0.114 e. The van der Waals surface area contributed by atoms with E-state index >= 15 is 0 Å². The van der Waals surface area contributed by atoms with Gasteiger partial charge < -0.3 is 16.0 Å². The van der Waals surface area contributed by atoms with E-state index in [2.05, 4.69) is 394 Å². The first-order valence-electron chi connectivity index (χ1n) is 34.9. The second-order valence-electron chi connectivity index (χ2n) is 33.2. The van der Waals surface area contributed by atoms with Crippen LogP contribution in [0.2, 0.25) is 0 Å². The highest BCUT2D eigenvalue weighted by Crippen LogP contribution is 2.48. The fraction of sp³-hybridized carbons (Fsp3) is 0.250. The highest BCUT2D eigenvalue weighted by molar-refractivity contribution is 6.00. The summed E-state index contributed by atoms with van der Waals surface area (Å²) < 4.78 is 0. The van der Waals surface area contributed by atoms with E-state index in [-0.39, 0.29) is 32.5 Å². The number of hydrogen-bond donors (Lipinski definition) is 3. The number of fused-ring (bicyclic) bond motifs is 6. The Morgan fingerprint density at radius 2 is 0.424 bits per heavy atom. The quantitative estimate of drug-likeness (QED) is 0.0805. The lowest BCUT2D eigenvalue weighted by Crippen LogP contribution is -2.15. The van der Waals surface area contributed by atoms with E-state index in [1.54, 1.807) is 0 Å². The average molecular weight is 1290 g/mol. The first kappa shape index (κ1) is 66.8. The summed E-state index contributed by atoms with van der Waals surface area (Å²) in [6.45, 7) is 40.8. The summed E-state index contributed by atoms with van der Waals surface area (Å²) in [6.07, 6.45) is 25.2. The van der Waals surface area contributed by atoms with Crippen molar-refractivity contribution in [3.05, 3.63) is 335 Å². The molecule has 0 fully saturated rings. The van der Waals surface area contributed by atoms with Crippen molar-refractivity contribution in [2.24, 2.45) is 0 Å². The molecule has 7 aromatic rings. The molecular weight excluding hydrogens is 1200 g/mol. The molecular formula is C96H90N3+3. The molecule has 0 atom stereocenters. The van der Waals surface area contributed by atoms with E-state index in [0.717, 1.165) is 135 Å². The molecule has 6 aliphatic rings. The molecule has 3 nitrogen and oxygen atoms in total. The van der Waals surface area contributed by atoms with Crippen LogP contribution in [-0.2, 0) is 32.5 Å². The van der Waals surface area contributed by atoms with Crippen LogP contribution < -0.4 is 16.0 Å². The number of anilines is 6. The van der Waals surface area contributed by atoms with E-state index in [0.29, 0.717) is 0 Å². The Kier molecular flexibility index (Phi) is 17.1. The Labute approximate surface area is 591 Å². The molecule has 0 unspecified atom stereocenters. The van der Waals surface area contributed by atoms with Crippen molar-refractivity contribution < 1.29 is 0 Å². The van der Waals surface area contributed by atoms with Crippen molar-refractivity contribution in [3.8, 4) is 35.5 Å². The summed E-state index contributed by atoms with van der Waals surface area (Å²) in [5, 5.41) is 11.4. The van der Waals surface area contributed by atoms with Gasteiger partial charge in [0.05, 0.1) is 51.2 Å². The molecule has 3 aliphatic heterocycles. The second kappa shape index (κ2) is 25.3. The minimum atomic E-state index is 0.00621. The summed E-state index contributed by atoms with van der Waals surface area (Å²) >= 11 is 0. The van der Waals surface area contributed by atoms with Gasteiger partial charge in [0.25, 0.3) is 0 Å². The lowest BCUT2D eigenvalue weighted by molar-refractivity contribution is 0.589. The molecule has 13 rings (SSSR count). The number of rotatable bonds is 0. The molecule has 3 N–H and O–H groups in total. The molecule has 3 heterocycles. The van der Waals surface area contributed by atoms with Gasteiger partial charge in [-0.3, -0.25) is 0 Å². The second-order valence-corrected chi connectivity index (χ2v) is 33.2. The van der Waals surface area contributed by atoms with Gasteiger partial charge in [-0.1, -0.05) is 215 Å². The SMILES string of the molecule is CC(C)(C)c1ccc2c(c1)Nc1cc(C(C)(C)C)ccc1C2=C=C1C=C[C+](C#Cc2cc(C#C[C+]3C=CC(=C=C4c5ccc(C(C)(C)C)cc5Nc5cc(C(C)(C)C)ccc54)C=C3)cc(C#C[C+]3C=CC(=C=C4c5ccc(C(C)(C)C)cc5Nc5cc(C(C)(C)C)ccc54)C=C3)c2)C=C1. The molecule has 0 spiro atoms. The third-order valence-corrected chi connectivity index (χ3v) is 19.2. The van der Waals surface area contributed by atoms with Crippen molar-refractivity contribution in [2.75, 3.05) is 16.0 Å². The lowest BCUT2D eigenvalue weighted by atomic mass is 9.81. The average Bonchev–Trinajstić information content (AvgIpc) is 0.767. The van der Waals surface area contributed by atoms with E-state index in [1.807, 2.05) is 0 Å². The van der Waals surface area contributed by atoms with Gasteiger partial charge in [0.2, 0.25) is 0 Å². The van der Waals surface area contributed by atoms with Gasteiger partial charge in [0, 0.05) is 175 Å². The van der Waals surface area contributed by atoms with Crippen LogP contribution in [0.15, 0.2) is 234 Å². The van der Waals surface area contributed by atoms with Crippen molar-refractivity contribution >= 4 is 50.8 Å². The Morgan fingerprint density at radius 1 is 0.242 bits per heavy atom. The summed E-state index contributed by atoms with van der Waals surface area (Å²) in [5.74, 6) is 23.7. The van der Waals surface area contributed by atoms with Crippen LogP contribution in [0.25, 0.3) is 16.7 Å². The zero-order chi connectivity index (χ0) is 70.1. The smallest absolute Gasteiger partial charge is 0.114 e.